The van der Waals surface area contributed by atoms with Gasteiger partial charge in [-0.3, -0.25) is 0 Å². The van der Waals surface area contributed by atoms with Crippen LogP contribution in [0.5, 0.6) is 0 Å². The normalized spacial score (nSPS) is 15.7. The fourth-order valence-electron chi connectivity index (χ4n) is 2.56. The third-order valence-corrected chi connectivity index (χ3v) is 4.57. The van der Waals surface area contributed by atoms with Crippen LogP contribution < -0.4 is 0 Å². The maximum Gasteiger partial charge on any atom is 0.460 e. The third-order valence-electron chi connectivity index (χ3n) is 4.57. The summed E-state index contributed by atoms with van der Waals surface area (Å²) < 4.78 is 202. The van der Waals surface area contributed by atoms with Crippen LogP contribution in [-0.4, -0.2) is 59.9 Å². The largest absolute Gasteiger partial charge is 0.465 e. The monoisotopic (exact) mass is 548 g/mol. The summed E-state index contributed by atoms with van der Waals surface area (Å²) in [6, 6.07) is 3.20. The Balaban J connectivity index is 3.51. The van der Waals surface area contributed by atoms with Crippen LogP contribution in [-0.2, 0) is 4.74 Å². The van der Waals surface area contributed by atoms with Crippen LogP contribution in [0.25, 0.3) is 0 Å². The lowest BCUT2D eigenvalue weighted by molar-refractivity contribution is -0.453. The topological polar surface area (TPSA) is 46.5 Å². The van der Waals surface area contributed by atoms with Crippen molar-refractivity contribution in [2.75, 3.05) is 7.11 Å². The lowest BCUT2D eigenvalue weighted by atomic mass is 9.88. The molecule has 1 atom stereocenters. The Morgan fingerprint density at radius 1 is 0.743 bits per heavy atom. The molecule has 0 spiro atoms. The van der Waals surface area contributed by atoms with Crippen LogP contribution in [0.15, 0.2) is 24.3 Å². The van der Waals surface area contributed by atoms with Gasteiger partial charge in [0.25, 0.3) is 0 Å². The number of aliphatic hydroxyl groups is 1. The molecule has 1 rings (SSSR count). The second-order valence-electron chi connectivity index (χ2n) is 6.87. The molecule has 0 saturated carbocycles. The van der Waals surface area contributed by atoms with E-state index in [1.165, 1.54) is 0 Å². The molecule has 0 amide bonds. The number of halogens is 15. The summed E-state index contributed by atoms with van der Waals surface area (Å²) in [7, 11) is 0.716. The predicted octanol–water partition coefficient (Wildman–Crippen LogP) is 6.27. The van der Waals surface area contributed by atoms with E-state index in [0.717, 1.165) is 18.2 Å². The summed E-state index contributed by atoms with van der Waals surface area (Å²) in [5.74, 6) is -48.9. The van der Waals surface area contributed by atoms with Crippen molar-refractivity contribution in [3.8, 4) is 0 Å². The van der Waals surface area contributed by atoms with Crippen molar-refractivity contribution < 1.29 is 80.5 Å². The maximum absolute atomic E-state index is 14.0. The quantitative estimate of drug-likeness (QED) is 0.293. The van der Waals surface area contributed by atoms with Crippen LogP contribution >= 0.6 is 0 Å². The van der Waals surface area contributed by atoms with Crippen LogP contribution in [0, 0.1) is 0 Å². The van der Waals surface area contributed by atoms with Gasteiger partial charge in [0.15, 0.2) is 0 Å². The number of hydrogen-bond donors (Lipinski definition) is 1. The number of methoxy groups -OCH3 is 1. The van der Waals surface area contributed by atoms with Gasteiger partial charge in [0.05, 0.1) is 18.8 Å². The Morgan fingerprint density at radius 2 is 1.14 bits per heavy atom. The van der Waals surface area contributed by atoms with E-state index in [0.29, 0.717) is 13.2 Å². The smallest absolute Gasteiger partial charge is 0.460 e. The average Bonchev–Trinajstić information content (AvgIpc) is 2.71. The number of alkyl halides is 15. The average molecular weight is 548 g/mol. The molecular weight excluding hydrogens is 537 g/mol. The number of ether oxygens (including phenoxy) is 1. The van der Waals surface area contributed by atoms with Crippen molar-refractivity contribution in [1.82, 2.24) is 0 Å². The summed E-state index contributed by atoms with van der Waals surface area (Å²) in [4.78, 5) is 11.5. The van der Waals surface area contributed by atoms with Crippen molar-refractivity contribution >= 4 is 5.97 Å². The van der Waals surface area contributed by atoms with E-state index in [1.54, 1.807) is 0 Å². The molecule has 35 heavy (non-hydrogen) atoms. The Labute approximate surface area is 184 Å². The molecule has 0 heterocycles. The van der Waals surface area contributed by atoms with Gasteiger partial charge in [0, 0.05) is 6.42 Å². The number of esters is 1. The minimum Gasteiger partial charge on any atom is -0.465 e. The van der Waals surface area contributed by atoms with Crippen molar-refractivity contribution in [1.29, 1.82) is 0 Å². The fraction of sp³-hybridized carbons (Fsp3) is 0.588. The van der Waals surface area contributed by atoms with Crippen molar-refractivity contribution in [2.45, 2.75) is 54.2 Å². The molecule has 1 aromatic rings. The number of carbonyl (C=O) groups is 1. The minimum absolute atomic E-state index is 0.579. The molecule has 1 N–H and O–H groups in total. The molecule has 0 radical (unpaired) electrons. The lowest BCUT2D eigenvalue weighted by Gasteiger charge is -2.41. The van der Waals surface area contributed by atoms with Crippen LogP contribution in [0.3, 0.4) is 0 Å². The van der Waals surface area contributed by atoms with Gasteiger partial charge >= 0.3 is 47.7 Å². The highest BCUT2D eigenvalue weighted by atomic mass is 19.4. The number of benzene rings is 1. The first-order valence-corrected chi connectivity index (χ1v) is 8.54. The number of hydrogen-bond acceptors (Lipinski definition) is 3. The van der Waals surface area contributed by atoms with E-state index in [-0.39, 0.29) is 0 Å². The molecular formula is C17H11F15O3. The summed E-state index contributed by atoms with van der Waals surface area (Å²) in [6.45, 7) is 0. The molecule has 0 aliphatic rings. The molecule has 0 saturated heterocycles. The molecule has 18 heteroatoms. The molecule has 0 aliphatic carbocycles. The highest BCUT2D eigenvalue weighted by Crippen LogP contribution is 2.63. The van der Waals surface area contributed by atoms with Crippen LogP contribution in [0.1, 0.15) is 28.4 Å². The van der Waals surface area contributed by atoms with Crippen molar-refractivity contribution in [3.05, 3.63) is 35.4 Å². The van der Waals surface area contributed by atoms with Crippen LogP contribution in [0.2, 0.25) is 0 Å². The summed E-state index contributed by atoms with van der Waals surface area (Å²) in [6.07, 6.45) is -13.8. The van der Waals surface area contributed by atoms with Gasteiger partial charge in [-0.1, -0.05) is 18.2 Å². The van der Waals surface area contributed by atoms with Crippen molar-refractivity contribution in [3.63, 3.8) is 0 Å². The zero-order chi connectivity index (χ0) is 28.1. The molecule has 202 valence electrons. The van der Waals surface area contributed by atoms with Gasteiger partial charge < -0.3 is 9.84 Å². The molecule has 0 fully saturated rings. The predicted molar refractivity (Wildman–Crippen MR) is 83.1 cm³/mol. The standard InChI is InChI=1S/C17H11F15O3/c1-35-10(34)8-5-3-2-4-7(8)9(33)6-11(18,19)12(20,21)13(22,23)14(24,25)15(26,27)16(28,29)17(30,31)32/h2-5,9,33H,6H2,1H3. The Hall–Kier alpha value is -2.40. The number of carbonyl (C=O) groups excluding carboxylic acids is 1. The third kappa shape index (κ3) is 4.60. The first kappa shape index (κ1) is 30.6. The summed E-state index contributed by atoms with van der Waals surface area (Å²) >= 11 is 0. The second-order valence-corrected chi connectivity index (χ2v) is 6.87. The maximum atomic E-state index is 14.0. The van der Waals surface area contributed by atoms with E-state index in [2.05, 4.69) is 4.74 Å². The highest BCUT2D eigenvalue weighted by molar-refractivity contribution is 5.91. The van der Waals surface area contributed by atoms with Gasteiger partial charge in [-0.05, 0) is 11.6 Å². The van der Waals surface area contributed by atoms with E-state index in [1.807, 2.05) is 0 Å². The highest BCUT2D eigenvalue weighted by Gasteiger charge is 2.93. The van der Waals surface area contributed by atoms with Crippen LogP contribution in [0.4, 0.5) is 65.9 Å². The number of rotatable bonds is 9. The molecule has 1 aromatic carbocycles. The van der Waals surface area contributed by atoms with E-state index >= 15 is 0 Å². The first-order valence-electron chi connectivity index (χ1n) is 8.54. The fourth-order valence-corrected chi connectivity index (χ4v) is 2.56. The molecule has 0 bridgehead atoms. The molecule has 0 aliphatic heterocycles. The van der Waals surface area contributed by atoms with Gasteiger partial charge in [-0.25, -0.2) is 4.79 Å². The first-order chi connectivity index (χ1) is 15.3. The van der Waals surface area contributed by atoms with Gasteiger partial charge in [-0.2, -0.15) is 65.9 Å². The van der Waals surface area contributed by atoms with Crippen molar-refractivity contribution in [2.24, 2.45) is 0 Å². The zero-order valence-corrected chi connectivity index (χ0v) is 16.5. The van der Waals surface area contributed by atoms with E-state index < -0.39 is 71.3 Å². The van der Waals surface area contributed by atoms with Gasteiger partial charge in [0.1, 0.15) is 0 Å². The Morgan fingerprint density at radius 3 is 1.57 bits per heavy atom. The second kappa shape index (κ2) is 8.92. The van der Waals surface area contributed by atoms with E-state index in [4.69, 9.17) is 0 Å². The van der Waals surface area contributed by atoms with Gasteiger partial charge in [0.2, 0.25) is 0 Å². The molecule has 1 unspecified atom stereocenters. The molecule has 3 nitrogen and oxygen atoms in total. The Bertz CT molecular complexity index is 924. The number of aliphatic hydroxyl groups excluding tert-OH is 1. The summed E-state index contributed by atoms with van der Waals surface area (Å²) in [5.41, 5.74) is -1.85. The molecule has 0 aromatic heterocycles. The van der Waals surface area contributed by atoms with Gasteiger partial charge in [-0.15, -0.1) is 0 Å². The lowest BCUT2D eigenvalue weighted by Crippen LogP contribution is -2.72. The Kier molecular flexibility index (Phi) is 7.81. The SMILES string of the molecule is COC(=O)c1ccccc1C(O)CC(F)(F)C(F)(F)C(F)(F)C(F)(F)C(F)(F)C(F)(F)C(F)(F)F. The van der Waals surface area contributed by atoms with E-state index in [9.17, 15) is 75.8 Å². The zero-order valence-electron chi connectivity index (χ0n) is 16.5. The minimum atomic E-state index is -8.42. The summed E-state index contributed by atoms with van der Waals surface area (Å²) in [5, 5.41) is 9.74.